The van der Waals surface area contributed by atoms with Crippen molar-refractivity contribution in [3.05, 3.63) is 46.4 Å². The Morgan fingerprint density at radius 2 is 2.05 bits per heavy atom. The zero-order valence-corrected chi connectivity index (χ0v) is 13.1. The molecular formula is C16H19N3O2S. The average molecular weight is 317 g/mol. The second-order valence-electron chi connectivity index (χ2n) is 5.52. The predicted molar refractivity (Wildman–Crippen MR) is 86.1 cm³/mol. The average Bonchev–Trinajstić information content (AvgIpc) is 2.89. The first kappa shape index (κ1) is 15.1. The molecule has 1 aliphatic rings. The zero-order valence-electron chi connectivity index (χ0n) is 12.3. The van der Waals surface area contributed by atoms with Gasteiger partial charge in [-0.3, -0.25) is 9.36 Å². The molecule has 1 aromatic carbocycles. The number of ketones is 1. The van der Waals surface area contributed by atoms with Crippen molar-refractivity contribution in [3.8, 4) is 0 Å². The second-order valence-corrected chi connectivity index (χ2v) is 6.69. The van der Waals surface area contributed by atoms with Gasteiger partial charge in [0.2, 0.25) is 0 Å². The van der Waals surface area contributed by atoms with Crippen LogP contribution in [0.25, 0.3) is 0 Å². The van der Waals surface area contributed by atoms with Crippen molar-refractivity contribution in [1.82, 2.24) is 14.8 Å². The summed E-state index contributed by atoms with van der Waals surface area (Å²) in [5, 5.41) is 7.17. The molecule has 1 N–H and O–H groups in total. The van der Waals surface area contributed by atoms with Crippen molar-refractivity contribution < 1.29 is 4.79 Å². The number of carbonyl (C=O) groups is 1. The van der Waals surface area contributed by atoms with Crippen molar-refractivity contribution >= 4 is 17.5 Å². The fraction of sp³-hybridized carbons (Fsp3) is 0.438. The number of rotatable bonds is 5. The maximum Gasteiger partial charge on any atom is 0.343 e. The van der Waals surface area contributed by atoms with E-state index in [2.05, 4.69) is 10.2 Å². The Kier molecular flexibility index (Phi) is 4.77. The van der Waals surface area contributed by atoms with E-state index >= 15 is 0 Å². The fourth-order valence-electron chi connectivity index (χ4n) is 2.68. The first-order valence-electron chi connectivity index (χ1n) is 7.62. The number of aryl methyl sites for hydroxylation is 1. The van der Waals surface area contributed by atoms with Crippen LogP contribution in [0.3, 0.4) is 0 Å². The number of aromatic amines is 1. The molecule has 1 saturated carbocycles. The first-order valence-corrected chi connectivity index (χ1v) is 8.50. The van der Waals surface area contributed by atoms with Gasteiger partial charge in [0, 0.05) is 13.0 Å². The number of thioether (sulfide) groups is 1. The smallest absolute Gasteiger partial charge is 0.298 e. The predicted octanol–water partition coefficient (Wildman–Crippen LogP) is 2.42. The number of Topliss-reactive ketones (excluding diaryl/α,β-unsaturated/α-hetero) is 1. The minimum atomic E-state index is -0.207. The Morgan fingerprint density at radius 1 is 1.23 bits per heavy atom. The van der Waals surface area contributed by atoms with Crippen molar-refractivity contribution in [2.75, 3.05) is 0 Å². The topological polar surface area (TPSA) is 67.8 Å². The van der Waals surface area contributed by atoms with E-state index in [0.717, 1.165) is 25.7 Å². The summed E-state index contributed by atoms with van der Waals surface area (Å²) < 4.78 is 1.64. The Bertz CT molecular complexity index is 693. The van der Waals surface area contributed by atoms with E-state index in [0.29, 0.717) is 18.1 Å². The molecule has 1 aliphatic carbocycles. The zero-order chi connectivity index (χ0) is 15.4. The number of H-pyrrole nitrogens is 1. The highest BCUT2D eigenvalue weighted by atomic mass is 32.2. The minimum absolute atomic E-state index is 0.0561. The third-order valence-electron chi connectivity index (χ3n) is 3.94. The third kappa shape index (κ3) is 3.50. The van der Waals surface area contributed by atoms with E-state index in [4.69, 9.17) is 0 Å². The Morgan fingerprint density at radius 3 is 2.82 bits per heavy atom. The van der Waals surface area contributed by atoms with Gasteiger partial charge >= 0.3 is 5.69 Å². The highest BCUT2D eigenvalue weighted by Crippen LogP contribution is 2.29. The summed E-state index contributed by atoms with van der Waals surface area (Å²) in [6, 6.07) is 10.0. The van der Waals surface area contributed by atoms with Crippen molar-refractivity contribution in [3.63, 3.8) is 0 Å². The Hall–Kier alpha value is -1.82. The molecule has 116 valence electrons. The van der Waals surface area contributed by atoms with Gasteiger partial charge in [0.05, 0.1) is 5.25 Å². The molecule has 0 unspecified atom stereocenters. The number of carbonyl (C=O) groups excluding carboxylic acids is 1. The van der Waals surface area contributed by atoms with Crippen LogP contribution in [0.1, 0.15) is 31.2 Å². The second kappa shape index (κ2) is 6.96. The van der Waals surface area contributed by atoms with Crippen LogP contribution in [0, 0.1) is 0 Å². The van der Waals surface area contributed by atoms with E-state index in [9.17, 15) is 9.59 Å². The van der Waals surface area contributed by atoms with Gasteiger partial charge in [-0.2, -0.15) is 0 Å². The van der Waals surface area contributed by atoms with Crippen LogP contribution < -0.4 is 5.69 Å². The molecule has 2 aromatic rings. The maximum absolute atomic E-state index is 11.9. The van der Waals surface area contributed by atoms with Crippen LogP contribution in [0.15, 0.2) is 40.3 Å². The highest BCUT2D eigenvalue weighted by molar-refractivity contribution is 8.00. The number of benzene rings is 1. The Balaban J connectivity index is 1.70. The summed E-state index contributed by atoms with van der Waals surface area (Å²) in [5.74, 6) is 0.279. The van der Waals surface area contributed by atoms with E-state index in [1.54, 1.807) is 4.57 Å². The van der Waals surface area contributed by atoms with E-state index in [1.807, 2.05) is 30.3 Å². The molecule has 1 fully saturated rings. The van der Waals surface area contributed by atoms with Crippen LogP contribution in [0.4, 0.5) is 0 Å². The number of nitrogens with one attached hydrogen (secondary N) is 1. The van der Waals surface area contributed by atoms with Crippen LogP contribution in [-0.2, 0) is 17.8 Å². The molecule has 0 spiro atoms. The largest absolute Gasteiger partial charge is 0.343 e. The molecule has 1 aromatic heterocycles. The van der Waals surface area contributed by atoms with E-state index in [1.165, 1.54) is 17.3 Å². The molecule has 0 aliphatic heterocycles. The minimum Gasteiger partial charge on any atom is -0.298 e. The fourth-order valence-corrected chi connectivity index (χ4v) is 3.87. The molecular weight excluding hydrogens is 298 g/mol. The molecule has 1 atom stereocenters. The van der Waals surface area contributed by atoms with Gasteiger partial charge in [0.25, 0.3) is 0 Å². The van der Waals surface area contributed by atoms with E-state index < -0.39 is 0 Å². The molecule has 0 radical (unpaired) electrons. The van der Waals surface area contributed by atoms with Crippen molar-refractivity contribution in [2.45, 2.75) is 49.1 Å². The number of nitrogens with zero attached hydrogens (tertiary/aromatic N) is 2. The lowest BCUT2D eigenvalue weighted by molar-refractivity contribution is -0.119. The van der Waals surface area contributed by atoms with Gasteiger partial charge in [-0.05, 0) is 24.8 Å². The molecule has 1 heterocycles. The van der Waals surface area contributed by atoms with Gasteiger partial charge in [-0.25, -0.2) is 9.89 Å². The molecule has 0 bridgehead atoms. The van der Waals surface area contributed by atoms with Gasteiger partial charge in [0.15, 0.2) is 5.16 Å². The van der Waals surface area contributed by atoms with Crippen LogP contribution in [0.5, 0.6) is 0 Å². The maximum atomic E-state index is 11.9. The lowest BCUT2D eigenvalue weighted by atomic mass is 9.99. The van der Waals surface area contributed by atoms with Gasteiger partial charge in [-0.15, -0.1) is 5.10 Å². The normalized spacial score (nSPS) is 18.5. The molecule has 0 saturated heterocycles. The van der Waals surface area contributed by atoms with Gasteiger partial charge < -0.3 is 0 Å². The quantitative estimate of drug-likeness (QED) is 0.919. The molecule has 5 nitrogen and oxygen atoms in total. The number of hydrogen-bond acceptors (Lipinski definition) is 4. The molecule has 0 amide bonds. The standard InChI is InChI=1S/C16H19N3O2S/c20-13-8-4-5-9-14(13)22-16-18-17-15(21)19(16)11-10-12-6-2-1-3-7-12/h1-3,6-7,14H,4-5,8-11H2,(H,17,21)/t14-/m0/s1. The Labute approximate surface area is 133 Å². The molecule has 6 heteroatoms. The van der Waals surface area contributed by atoms with Crippen molar-refractivity contribution in [1.29, 1.82) is 0 Å². The third-order valence-corrected chi connectivity index (χ3v) is 5.24. The number of aromatic nitrogens is 3. The first-order chi connectivity index (χ1) is 10.7. The summed E-state index contributed by atoms with van der Waals surface area (Å²) in [4.78, 5) is 23.9. The summed E-state index contributed by atoms with van der Waals surface area (Å²) in [7, 11) is 0. The van der Waals surface area contributed by atoms with Crippen LogP contribution in [-0.4, -0.2) is 25.8 Å². The monoisotopic (exact) mass is 317 g/mol. The van der Waals surface area contributed by atoms with Crippen LogP contribution in [0.2, 0.25) is 0 Å². The lowest BCUT2D eigenvalue weighted by Gasteiger charge is -2.19. The van der Waals surface area contributed by atoms with Crippen molar-refractivity contribution in [2.24, 2.45) is 0 Å². The van der Waals surface area contributed by atoms with Gasteiger partial charge in [-0.1, -0.05) is 48.5 Å². The molecule has 22 heavy (non-hydrogen) atoms. The van der Waals surface area contributed by atoms with Crippen LogP contribution >= 0.6 is 11.8 Å². The highest BCUT2D eigenvalue weighted by Gasteiger charge is 2.25. The van der Waals surface area contributed by atoms with E-state index in [-0.39, 0.29) is 16.7 Å². The SMILES string of the molecule is O=C1CCCC[C@@H]1Sc1n[nH]c(=O)n1CCc1ccccc1. The number of hydrogen-bond donors (Lipinski definition) is 1. The lowest BCUT2D eigenvalue weighted by Crippen LogP contribution is -2.23. The van der Waals surface area contributed by atoms with Gasteiger partial charge in [0.1, 0.15) is 5.78 Å². The molecule has 3 rings (SSSR count). The summed E-state index contributed by atoms with van der Waals surface area (Å²) in [5.41, 5.74) is 0.974. The summed E-state index contributed by atoms with van der Waals surface area (Å²) >= 11 is 1.43. The summed E-state index contributed by atoms with van der Waals surface area (Å²) in [6.07, 6.45) is 4.35. The summed E-state index contributed by atoms with van der Waals surface area (Å²) in [6.45, 7) is 0.572.